The second kappa shape index (κ2) is 13.2. The van der Waals surface area contributed by atoms with E-state index in [4.69, 9.17) is 9.47 Å². The summed E-state index contributed by atoms with van der Waals surface area (Å²) in [5.41, 5.74) is 1.23. The van der Waals surface area contributed by atoms with Crippen LogP contribution in [0.25, 0.3) is 0 Å². The number of amides is 2. The van der Waals surface area contributed by atoms with Crippen molar-refractivity contribution in [3.63, 3.8) is 0 Å². The Hall–Kier alpha value is -3.85. The maximum atomic E-state index is 13.3. The third-order valence-corrected chi connectivity index (χ3v) is 7.87. The molecule has 2 heterocycles. The van der Waals surface area contributed by atoms with Crippen LogP contribution in [0.15, 0.2) is 66.9 Å². The van der Waals surface area contributed by atoms with Crippen LogP contribution in [0.3, 0.4) is 0 Å². The van der Waals surface area contributed by atoms with E-state index in [1.807, 2.05) is 88.4 Å². The van der Waals surface area contributed by atoms with Gasteiger partial charge in [-0.1, -0.05) is 67.6 Å². The highest BCUT2D eigenvalue weighted by molar-refractivity contribution is 7.11. The SMILES string of the molecule is C[C@@H](CC(=O)N1C(=O)C(CCc2cnc(CC(=O)OC(C)(C)C)s2)[C@H]1C(=O)OCc1ccccc1)c1ccccc1. The number of aryl methyl sites for hydroxylation is 1. The number of esters is 2. The molecule has 3 aromatic rings. The van der Waals surface area contributed by atoms with Gasteiger partial charge in [0.15, 0.2) is 0 Å². The molecule has 216 valence electrons. The minimum Gasteiger partial charge on any atom is -0.460 e. The van der Waals surface area contributed by atoms with Gasteiger partial charge in [0.25, 0.3) is 0 Å². The molecule has 1 unspecified atom stereocenters. The Bertz CT molecular complexity index is 1370. The number of hydrogen-bond acceptors (Lipinski definition) is 8. The monoisotopic (exact) mass is 576 g/mol. The van der Waals surface area contributed by atoms with Crippen LogP contribution < -0.4 is 0 Å². The van der Waals surface area contributed by atoms with Gasteiger partial charge in [-0.3, -0.25) is 19.3 Å². The van der Waals surface area contributed by atoms with Crippen molar-refractivity contribution in [2.75, 3.05) is 0 Å². The van der Waals surface area contributed by atoms with Crippen molar-refractivity contribution in [2.45, 2.75) is 77.5 Å². The maximum absolute atomic E-state index is 13.3. The lowest BCUT2D eigenvalue weighted by molar-refractivity contribution is -0.180. The number of imide groups is 1. The molecule has 4 rings (SSSR count). The van der Waals surface area contributed by atoms with E-state index in [9.17, 15) is 19.2 Å². The van der Waals surface area contributed by atoms with Crippen LogP contribution in [0, 0.1) is 5.92 Å². The van der Waals surface area contributed by atoms with Crippen molar-refractivity contribution in [1.29, 1.82) is 0 Å². The zero-order valence-electron chi connectivity index (χ0n) is 23.9. The third kappa shape index (κ3) is 8.10. The number of carbonyl (C=O) groups is 4. The third-order valence-electron chi connectivity index (χ3n) is 6.82. The predicted octanol–water partition coefficient (Wildman–Crippen LogP) is 5.25. The first-order valence-corrected chi connectivity index (χ1v) is 14.6. The van der Waals surface area contributed by atoms with E-state index in [-0.39, 0.29) is 43.2 Å². The number of β-lactam (4-membered cyclic amide) rings is 1. The largest absolute Gasteiger partial charge is 0.460 e. The first-order chi connectivity index (χ1) is 19.5. The van der Waals surface area contributed by atoms with Gasteiger partial charge in [0.1, 0.15) is 23.3 Å². The van der Waals surface area contributed by atoms with Gasteiger partial charge in [0.2, 0.25) is 11.8 Å². The fourth-order valence-corrected chi connectivity index (χ4v) is 5.72. The van der Waals surface area contributed by atoms with Crippen molar-refractivity contribution in [1.82, 2.24) is 9.88 Å². The molecule has 8 nitrogen and oxygen atoms in total. The van der Waals surface area contributed by atoms with E-state index in [2.05, 4.69) is 4.98 Å². The van der Waals surface area contributed by atoms with Crippen LogP contribution in [0.1, 0.15) is 67.5 Å². The molecule has 2 aromatic carbocycles. The molecule has 0 N–H and O–H groups in total. The first-order valence-electron chi connectivity index (χ1n) is 13.8. The van der Waals surface area contributed by atoms with Crippen molar-refractivity contribution >= 4 is 35.1 Å². The summed E-state index contributed by atoms with van der Waals surface area (Å²) < 4.78 is 10.9. The quantitative estimate of drug-likeness (QED) is 0.227. The summed E-state index contributed by atoms with van der Waals surface area (Å²) in [5.74, 6) is -2.48. The number of nitrogens with zero attached hydrogens (tertiary/aromatic N) is 2. The minimum atomic E-state index is -0.976. The molecule has 3 atom stereocenters. The number of ether oxygens (including phenoxy) is 2. The van der Waals surface area contributed by atoms with E-state index in [0.29, 0.717) is 17.8 Å². The van der Waals surface area contributed by atoms with E-state index >= 15 is 0 Å². The Morgan fingerprint density at radius 3 is 2.34 bits per heavy atom. The highest BCUT2D eigenvalue weighted by Crippen LogP contribution is 2.35. The smallest absolute Gasteiger partial charge is 0.330 e. The summed E-state index contributed by atoms with van der Waals surface area (Å²) in [6, 6.07) is 17.9. The Morgan fingerprint density at radius 1 is 1.02 bits per heavy atom. The highest BCUT2D eigenvalue weighted by atomic mass is 32.1. The lowest BCUT2D eigenvalue weighted by atomic mass is 9.82. The van der Waals surface area contributed by atoms with Gasteiger partial charge in [0.05, 0.1) is 12.3 Å². The molecule has 0 saturated carbocycles. The number of benzene rings is 2. The van der Waals surface area contributed by atoms with Crippen molar-refractivity contribution in [2.24, 2.45) is 5.92 Å². The second-order valence-corrected chi connectivity index (χ2v) is 12.5. The number of carbonyl (C=O) groups excluding carboxylic acids is 4. The zero-order valence-corrected chi connectivity index (χ0v) is 24.7. The standard InChI is InChI=1S/C32H36N2O6S/c1-21(23-13-9-6-10-14-23)17-27(35)34-29(31(38)39-20-22-11-7-5-8-12-22)25(30(34)37)16-15-24-19-33-26(41-24)18-28(36)40-32(2,3)4/h5-14,19,21,25,29H,15-18,20H2,1-4H3/t21-,25?,29-/m0/s1. The summed E-state index contributed by atoms with van der Waals surface area (Å²) in [5, 5.41) is 0.625. The number of thiazole rings is 1. The average Bonchev–Trinajstić information content (AvgIpc) is 3.37. The first kappa shape index (κ1) is 30.1. The Kier molecular flexibility index (Phi) is 9.70. The zero-order chi connectivity index (χ0) is 29.6. The number of aromatic nitrogens is 1. The summed E-state index contributed by atoms with van der Waals surface area (Å²) in [6.07, 6.45) is 2.69. The van der Waals surface area contributed by atoms with Gasteiger partial charge in [-0.25, -0.2) is 9.78 Å². The van der Waals surface area contributed by atoms with Gasteiger partial charge < -0.3 is 9.47 Å². The molecule has 1 saturated heterocycles. The molecule has 1 fully saturated rings. The minimum absolute atomic E-state index is 0.0579. The van der Waals surface area contributed by atoms with Gasteiger partial charge >= 0.3 is 11.9 Å². The van der Waals surface area contributed by atoms with Crippen molar-refractivity contribution in [3.8, 4) is 0 Å². The Balaban J connectivity index is 1.42. The van der Waals surface area contributed by atoms with Crippen LogP contribution >= 0.6 is 11.3 Å². The van der Waals surface area contributed by atoms with Gasteiger partial charge in [-0.05, 0) is 50.7 Å². The van der Waals surface area contributed by atoms with Crippen LogP contribution in [-0.4, -0.2) is 45.3 Å². The van der Waals surface area contributed by atoms with Crippen LogP contribution in [0.4, 0.5) is 0 Å². The summed E-state index contributed by atoms with van der Waals surface area (Å²) >= 11 is 1.38. The molecule has 1 aliphatic rings. The molecular weight excluding hydrogens is 540 g/mol. The van der Waals surface area contributed by atoms with E-state index in [0.717, 1.165) is 20.9 Å². The topological polar surface area (TPSA) is 103 Å². The fraction of sp³-hybridized carbons (Fsp3) is 0.406. The van der Waals surface area contributed by atoms with E-state index < -0.39 is 23.5 Å². The Labute approximate surface area is 244 Å². The molecule has 1 aliphatic heterocycles. The molecule has 0 spiro atoms. The molecule has 41 heavy (non-hydrogen) atoms. The fourth-order valence-electron chi connectivity index (χ4n) is 4.80. The lowest BCUT2D eigenvalue weighted by Gasteiger charge is -2.44. The summed E-state index contributed by atoms with van der Waals surface area (Å²) in [6.45, 7) is 7.42. The maximum Gasteiger partial charge on any atom is 0.330 e. The van der Waals surface area contributed by atoms with Gasteiger partial charge in [-0.15, -0.1) is 11.3 Å². The normalized spacial score (nSPS) is 17.5. The van der Waals surface area contributed by atoms with Crippen LogP contribution in [0.5, 0.6) is 0 Å². The molecule has 1 aromatic heterocycles. The average molecular weight is 577 g/mol. The van der Waals surface area contributed by atoms with E-state index in [1.54, 1.807) is 6.20 Å². The van der Waals surface area contributed by atoms with Crippen molar-refractivity contribution < 1.29 is 28.7 Å². The lowest BCUT2D eigenvalue weighted by Crippen LogP contribution is -2.66. The number of hydrogen-bond donors (Lipinski definition) is 0. The molecule has 9 heteroatoms. The second-order valence-electron chi connectivity index (χ2n) is 11.3. The number of likely N-dealkylation sites (tertiary alicyclic amines) is 1. The van der Waals surface area contributed by atoms with Gasteiger partial charge in [-0.2, -0.15) is 0 Å². The molecular formula is C32H36N2O6S. The molecule has 0 radical (unpaired) electrons. The van der Waals surface area contributed by atoms with E-state index in [1.165, 1.54) is 11.3 Å². The highest BCUT2D eigenvalue weighted by Gasteiger charge is 2.54. The molecule has 0 bridgehead atoms. The van der Waals surface area contributed by atoms with Crippen molar-refractivity contribution in [3.05, 3.63) is 87.9 Å². The number of rotatable bonds is 11. The Morgan fingerprint density at radius 2 is 1.68 bits per heavy atom. The van der Waals surface area contributed by atoms with Crippen LogP contribution in [-0.2, 0) is 48.1 Å². The summed E-state index contributed by atoms with van der Waals surface area (Å²) in [7, 11) is 0. The van der Waals surface area contributed by atoms with Gasteiger partial charge in [0, 0.05) is 17.5 Å². The summed E-state index contributed by atoms with van der Waals surface area (Å²) in [4.78, 5) is 58.2. The molecule has 0 aliphatic carbocycles. The van der Waals surface area contributed by atoms with Crippen LogP contribution in [0.2, 0.25) is 0 Å². The molecule has 2 amide bonds. The predicted molar refractivity (Wildman–Crippen MR) is 155 cm³/mol.